The Kier molecular flexibility index (Phi) is 7.19. The molecule has 3 rings (SSSR count). The molecule has 0 radical (unpaired) electrons. The molecule has 0 spiro atoms. The number of amides is 3. The Morgan fingerprint density at radius 2 is 2.00 bits per heavy atom. The molecule has 1 aromatic carbocycles. The van der Waals surface area contributed by atoms with Crippen LogP contribution < -0.4 is 16.0 Å². The number of hydrogen-bond donors (Lipinski definition) is 3. The predicted molar refractivity (Wildman–Crippen MR) is 108 cm³/mol. The molecule has 0 saturated carbocycles. The summed E-state index contributed by atoms with van der Waals surface area (Å²) in [5.74, 6) is -0.795. The third-order valence-electron chi connectivity index (χ3n) is 5.56. The zero-order chi connectivity index (χ0) is 20.8. The molecule has 2 fully saturated rings. The molecule has 2 aliphatic rings. The number of likely N-dealkylation sites (tertiary alicyclic amines) is 1. The monoisotopic (exact) mass is 404 g/mol. The number of halogens is 1. The average Bonchev–Trinajstić information content (AvgIpc) is 2.70. The van der Waals surface area contributed by atoms with Gasteiger partial charge in [0.15, 0.2) is 0 Å². The summed E-state index contributed by atoms with van der Waals surface area (Å²) in [6.07, 6.45) is 3.28. The van der Waals surface area contributed by atoms with Gasteiger partial charge in [-0.3, -0.25) is 24.6 Å². The molecule has 8 heteroatoms. The number of nitrogens with one attached hydrogen (secondary N) is 3. The molecule has 0 aliphatic carbocycles. The van der Waals surface area contributed by atoms with E-state index in [-0.39, 0.29) is 29.8 Å². The van der Waals surface area contributed by atoms with Gasteiger partial charge in [-0.2, -0.15) is 0 Å². The summed E-state index contributed by atoms with van der Waals surface area (Å²) in [6.45, 7) is 4.75. The lowest BCUT2D eigenvalue weighted by Crippen LogP contribution is -2.47. The molecule has 1 unspecified atom stereocenters. The highest BCUT2D eigenvalue weighted by Gasteiger charge is 2.27. The van der Waals surface area contributed by atoms with Crippen LogP contribution in [0.2, 0.25) is 0 Å². The molecule has 29 heavy (non-hydrogen) atoms. The van der Waals surface area contributed by atoms with Gasteiger partial charge in [0.25, 0.3) is 0 Å². The van der Waals surface area contributed by atoms with Crippen molar-refractivity contribution in [3.05, 3.63) is 29.6 Å². The molecule has 3 N–H and O–H groups in total. The molecular formula is C21H29FN4O3. The largest absolute Gasteiger partial charge is 0.371 e. The standard InChI is InChI=1S/C21H29FN4O3/c1-2-9-23-20(28)13-26-10-7-14(8-11-26)15-3-4-17(16(22)12-15)24-18-5-6-19(27)25-21(18)29/h3-4,12,14,18,24H,2,5-11,13H2,1H3,(H,23,28)(H,25,27,29). The third-order valence-corrected chi connectivity index (χ3v) is 5.56. The second kappa shape index (κ2) is 9.82. The highest BCUT2D eigenvalue weighted by atomic mass is 19.1. The van der Waals surface area contributed by atoms with Crippen molar-refractivity contribution in [2.24, 2.45) is 0 Å². The van der Waals surface area contributed by atoms with Crippen LogP contribution in [0.4, 0.5) is 10.1 Å². The van der Waals surface area contributed by atoms with Crippen LogP contribution in [-0.2, 0) is 14.4 Å². The summed E-state index contributed by atoms with van der Waals surface area (Å²) in [5, 5.41) is 8.06. The fraction of sp³-hybridized carbons (Fsp3) is 0.571. The summed E-state index contributed by atoms with van der Waals surface area (Å²) in [4.78, 5) is 37.1. The Balaban J connectivity index is 1.52. The number of hydrogen-bond acceptors (Lipinski definition) is 5. The van der Waals surface area contributed by atoms with Crippen LogP contribution in [0.1, 0.15) is 50.5 Å². The van der Waals surface area contributed by atoms with Crippen molar-refractivity contribution in [1.29, 1.82) is 0 Å². The van der Waals surface area contributed by atoms with Gasteiger partial charge in [0.2, 0.25) is 17.7 Å². The molecule has 0 bridgehead atoms. The van der Waals surface area contributed by atoms with E-state index >= 15 is 0 Å². The number of anilines is 1. The van der Waals surface area contributed by atoms with E-state index in [1.54, 1.807) is 6.07 Å². The number of benzene rings is 1. The Morgan fingerprint density at radius 3 is 2.66 bits per heavy atom. The van der Waals surface area contributed by atoms with E-state index in [4.69, 9.17) is 0 Å². The number of carbonyl (C=O) groups is 3. The maximum Gasteiger partial charge on any atom is 0.249 e. The molecule has 1 atom stereocenters. The predicted octanol–water partition coefficient (Wildman–Crippen LogP) is 1.75. The Labute approximate surface area is 170 Å². The van der Waals surface area contributed by atoms with Crippen LogP contribution in [0.3, 0.4) is 0 Å². The van der Waals surface area contributed by atoms with Crippen LogP contribution in [0.15, 0.2) is 18.2 Å². The average molecular weight is 404 g/mol. The maximum absolute atomic E-state index is 14.6. The smallest absolute Gasteiger partial charge is 0.249 e. The molecule has 1 aromatic rings. The van der Waals surface area contributed by atoms with Gasteiger partial charge in [-0.1, -0.05) is 13.0 Å². The van der Waals surface area contributed by atoms with Crippen molar-refractivity contribution >= 4 is 23.4 Å². The van der Waals surface area contributed by atoms with E-state index < -0.39 is 17.8 Å². The van der Waals surface area contributed by atoms with Crippen LogP contribution in [0.5, 0.6) is 0 Å². The number of rotatable bonds is 7. The van der Waals surface area contributed by atoms with Gasteiger partial charge in [-0.15, -0.1) is 0 Å². The Bertz CT molecular complexity index is 762. The maximum atomic E-state index is 14.6. The van der Waals surface area contributed by atoms with Crippen LogP contribution >= 0.6 is 0 Å². The normalized spacial score (nSPS) is 21.0. The zero-order valence-electron chi connectivity index (χ0n) is 16.8. The molecule has 2 heterocycles. The van der Waals surface area contributed by atoms with Crippen molar-refractivity contribution in [2.75, 3.05) is 31.5 Å². The first-order valence-electron chi connectivity index (χ1n) is 10.3. The van der Waals surface area contributed by atoms with Crippen molar-refractivity contribution < 1.29 is 18.8 Å². The highest BCUT2D eigenvalue weighted by Crippen LogP contribution is 2.30. The fourth-order valence-electron chi connectivity index (χ4n) is 3.87. The third kappa shape index (κ3) is 5.76. The lowest BCUT2D eigenvalue weighted by atomic mass is 9.89. The summed E-state index contributed by atoms with van der Waals surface area (Å²) < 4.78 is 14.6. The lowest BCUT2D eigenvalue weighted by Gasteiger charge is -2.32. The van der Waals surface area contributed by atoms with E-state index in [1.807, 2.05) is 13.0 Å². The van der Waals surface area contributed by atoms with E-state index in [1.165, 1.54) is 6.07 Å². The van der Waals surface area contributed by atoms with Gasteiger partial charge in [-0.25, -0.2) is 4.39 Å². The first kappa shape index (κ1) is 21.2. The van der Waals surface area contributed by atoms with Gasteiger partial charge >= 0.3 is 0 Å². The SMILES string of the molecule is CCCNC(=O)CN1CCC(c2ccc(NC3CCC(=O)NC3=O)c(F)c2)CC1. The molecular weight excluding hydrogens is 375 g/mol. The quantitative estimate of drug-likeness (QED) is 0.603. The van der Waals surface area contributed by atoms with E-state index in [9.17, 15) is 18.8 Å². The summed E-state index contributed by atoms with van der Waals surface area (Å²) in [7, 11) is 0. The van der Waals surface area contributed by atoms with Gasteiger partial charge in [0, 0.05) is 13.0 Å². The first-order valence-corrected chi connectivity index (χ1v) is 10.3. The topological polar surface area (TPSA) is 90.5 Å². The molecule has 158 valence electrons. The highest BCUT2D eigenvalue weighted by molar-refractivity contribution is 6.01. The number of piperidine rings is 2. The number of carbonyl (C=O) groups excluding carboxylic acids is 3. The van der Waals surface area contributed by atoms with E-state index in [2.05, 4.69) is 20.9 Å². The minimum atomic E-state index is -0.602. The van der Waals surface area contributed by atoms with Gasteiger partial charge in [-0.05, 0) is 62.4 Å². The van der Waals surface area contributed by atoms with Crippen molar-refractivity contribution in [2.45, 2.75) is 51.0 Å². The van der Waals surface area contributed by atoms with Crippen LogP contribution in [0, 0.1) is 5.82 Å². The minimum absolute atomic E-state index is 0.0558. The van der Waals surface area contributed by atoms with Crippen molar-refractivity contribution in [1.82, 2.24) is 15.5 Å². The van der Waals surface area contributed by atoms with Gasteiger partial charge < -0.3 is 10.6 Å². The first-order chi connectivity index (χ1) is 14.0. The minimum Gasteiger partial charge on any atom is -0.371 e. The van der Waals surface area contributed by atoms with Crippen molar-refractivity contribution in [3.8, 4) is 0 Å². The van der Waals surface area contributed by atoms with Crippen molar-refractivity contribution in [3.63, 3.8) is 0 Å². The number of nitrogens with zero attached hydrogens (tertiary/aromatic N) is 1. The lowest BCUT2D eigenvalue weighted by molar-refractivity contribution is -0.133. The van der Waals surface area contributed by atoms with Gasteiger partial charge in [0.05, 0.1) is 12.2 Å². The zero-order valence-corrected chi connectivity index (χ0v) is 16.8. The molecule has 2 saturated heterocycles. The molecule has 7 nitrogen and oxygen atoms in total. The van der Waals surface area contributed by atoms with Crippen LogP contribution in [0.25, 0.3) is 0 Å². The van der Waals surface area contributed by atoms with E-state index in [0.717, 1.165) is 37.9 Å². The Hall–Kier alpha value is -2.48. The van der Waals surface area contributed by atoms with E-state index in [0.29, 0.717) is 19.5 Å². The second-order valence-corrected chi connectivity index (χ2v) is 7.79. The molecule has 3 amide bonds. The van der Waals surface area contributed by atoms with Crippen LogP contribution in [-0.4, -0.2) is 54.8 Å². The molecule has 0 aromatic heterocycles. The second-order valence-electron chi connectivity index (χ2n) is 7.79. The summed E-state index contributed by atoms with van der Waals surface area (Å²) in [5.41, 5.74) is 1.21. The van der Waals surface area contributed by atoms with Gasteiger partial charge in [0.1, 0.15) is 11.9 Å². The number of imide groups is 1. The summed E-state index contributed by atoms with van der Waals surface area (Å²) >= 11 is 0. The fourth-order valence-corrected chi connectivity index (χ4v) is 3.87. The molecule has 2 aliphatic heterocycles. The Morgan fingerprint density at radius 1 is 1.24 bits per heavy atom. The summed E-state index contributed by atoms with van der Waals surface area (Å²) in [6, 6.07) is 4.49.